The van der Waals surface area contributed by atoms with Gasteiger partial charge in [0.05, 0.1) is 0 Å². The van der Waals surface area contributed by atoms with E-state index in [0.717, 1.165) is 18.3 Å². The van der Waals surface area contributed by atoms with Crippen molar-refractivity contribution < 1.29 is 13.2 Å². The predicted molar refractivity (Wildman–Crippen MR) is 92.3 cm³/mol. The number of nitrogens with two attached hydrogens (primary N) is 1. The van der Waals surface area contributed by atoms with Crippen LogP contribution < -0.4 is 5.73 Å². The molecule has 2 atom stereocenters. The van der Waals surface area contributed by atoms with E-state index in [1.165, 1.54) is 5.56 Å². The van der Waals surface area contributed by atoms with Crippen LogP contribution in [0.1, 0.15) is 29.9 Å². The number of benzene rings is 2. The molecule has 1 aliphatic carbocycles. The number of nitrogens with zero attached hydrogens (tertiary/aromatic N) is 1. The first-order valence-electron chi connectivity index (χ1n) is 8.30. The lowest BCUT2D eigenvalue weighted by Gasteiger charge is -2.33. The molecule has 3 rings (SSSR count). The van der Waals surface area contributed by atoms with E-state index >= 15 is 0 Å². The zero-order chi connectivity index (χ0) is 18.0. The van der Waals surface area contributed by atoms with Crippen molar-refractivity contribution in [2.75, 3.05) is 7.05 Å². The highest BCUT2D eigenvalue weighted by atomic mass is 19.2. The monoisotopic (exact) mass is 346 g/mol. The van der Waals surface area contributed by atoms with E-state index < -0.39 is 17.5 Å². The van der Waals surface area contributed by atoms with E-state index in [1.807, 2.05) is 31.3 Å². The number of halogens is 3. The van der Waals surface area contributed by atoms with Crippen molar-refractivity contribution in [3.05, 3.63) is 82.8 Å². The van der Waals surface area contributed by atoms with Crippen LogP contribution >= 0.6 is 0 Å². The Morgan fingerprint density at radius 3 is 2.40 bits per heavy atom. The Morgan fingerprint density at radius 1 is 1.04 bits per heavy atom. The lowest BCUT2D eigenvalue weighted by molar-refractivity contribution is 0.351. The van der Waals surface area contributed by atoms with Crippen LogP contribution in [0.4, 0.5) is 13.2 Å². The minimum absolute atomic E-state index is 0.146. The molecule has 0 spiro atoms. The second kappa shape index (κ2) is 7.31. The van der Waals surface area contributed by atoms with Crippen molar-refractivity contribution in [1.29, 1.82) is 0 Å². The van der Waals surface area contributed by atoms with Gasteiger partial charge in [-0.05, 0) is 23.6 Å². The summed E-state index contributed by atoms with van der Waals surface area (Å²) in [6.45, 7) is 0.754. The average Bonchev–Trinajstić information content (AvgIpc) is 2.59. The van der Waals surface area contributed by atoms with E-state index in [-0.39, 0.29) is 17.5 Å². The highest BCUT2D eigenvalue weighted by Gasteiger charge is 2.28. The topological polar surface area (TPSA) is 29.3 Å². The third kappa shape index (κ3) is 3.87. The highest BCUT2D eigenvalue weighted by Crippen LogP contribution is 2.34. The van der Waals surface area contributed by atoms with Gasteiger partial charge in [-0.15, -0.1) is 0 Å². The molecule has 0 bridgehead atoms. The fourth-order valence-electron chi connectivity index (χ4n) is 3.36. The van der Waals surface area contributed by atoms with E-state index in [1.54, 1.807) is 0 Å². The molecule has 1 unspecified atom stereocenters. The van der Waals surface area contributed by atoms with Gasteiger partial charge in [0.2, 0.25) is 0 Å². The second-order valence-electron chi connectivity index (χ2n) is 6.54. The van der Waals surface area contributed by atoms with Crippen LogP contribution in [0.5, 0.6) is 0 Å². The maximum Gasteiger partial charge on any atom is 0.161 e. The van der Waals surface area contributed by atoms with Gasteiger partial charge in [-0.1, -0.05) is 36.4 Å². The Kier molecular flexibility index (Phi) is 5.13. The van der Waals surface area contributed by atoms with Gasteiger partial charge in [0.25, 0.3) is 0 Å². The Balaban J connectivity index is 1.75. The molecular weight excluding hydrogens is 325 g/mol. The molecule has 0 saturated heterocycles. The quantitative estimate of drug-likeness (QED) is 0.835. The summed E-state index contributed by atoms with van der Waals surface area (Å²) in [4.78, 5) is 2.12. The summed E-state index contributed by atoms with van der Waals surface area (Å²) in [7, 11) is 1.99. The van der Waals surface area contributed by atoms with Crippen molar-refractivity contribution in [1.82, 2.24) is 4.90 Å². The van der Waals surface area contributed by atoms with Crippen molar-refractivity contribution in [3.63, 3.8) is 0 Å². The summed E-state index contributed by atoms with van der Waals surface area (Å²) in [6.07, 6.45) is 3.07. The van der Waals surface area contributed by atoms with E-state index in [4.69, 9.17) is 5.73 Å². The van der Waals surface area contributed by atoms with E-state index in [9.17, 15) is 13.2 Å². The van der Waals surface area contributed by atoms with Gasteiger partial charge in [0.15, 0.2) is 11.6 Å². The lowest BCUT2D eigenvalue weighted by atomic mass is 9.82. The Morgan fingerprint density at radius 2 is 1.72 bits per heavy atom. The summed E-state index contributed by atoms with van der Waals surface area (Å²) in [5.41, 5.74) is 8.65. The maximum atomic E-state index is 14.0. The third-order valence-corrected chi connectivity index (χ3v) is 4.76. The van der Waals surface area contributed by atoms with Crippen LogP contribution in [0, 0.1) is 17.5 Å². The van der Waals surface area contributed by atoms with E-state index in [2.05, 4.69) is 17.0 Å². The molecule has 2 aromatic carbocycles. The SMILES string of the molecule is CN(Cc1ccccc1)C1=CCC(c2cc(F)c(F)cc2F)[C@@H](N)C1. The Hall–Kier alpha value is -2.27. The van der Waals surface area contributed by atoms with Crippen LogP contribution in [0.15, 0.2) is 54.2 Å². The summed E-state index contributed by atoms with van der Waals surface area (Å²) in [6, 6.07) is 11.2. The van der Waals surface area contributed by atoms with Gasteiger partial charge in [0, 0.05) is 43.7 Å². The average molecular weight is 346 g/mol. The Bertz CT molecular complexity index is 774. The standard InChI is InChI=1S/C20H21F3N2/c1-25(12-13-5-3-2-4-6-13)14-7-8-15(20(24)9-14)16-10-18(22)19(23)11-17(16)21/h2-7,10-11,15,20H,8-9,12,24H2,1H3/t15?,20-/m0/s1. The highest BCUT2D eigenvalue weighted by molar-refractivity contribution is 5.29. The summed E-state index contributed by atoms with van der Waals surface area (Å²) in [5.74, 6) is -3.32. The molecule has 1 aliphatic rings. The fraction of sp³-hybridized carbons (Fsp3) is 0.300. The van der Waals surface area contributed by atoms with Crippen molar-refractivity contribution in [2.45, 2.75) is 31.3 Å². The molecule has 25 heavy (non-hydrogen) atoms. The van der Waals surface area contributed by atoms with Crippen LogP contribution in [-0.2, 0) is 6.54 Å². The zero-order valence-electron chi connectivity index (χ0n) is 14.1. The summed E-state index contributed by atoms with van der Waals surface area (Å²) >= 11 is 0. The van der Waals surface area contributed by atoms with Crippen LogP contribution in [0.25, 0.3) is 0 Å². The van der Waals surface area contributed by atoms with Crippen LogP contribution in [0.2, 0.25) is 0 Å². The largest absolute Gasteiger partial charge is 0.374 e. The van der Waals surface area contributed by atoms with Crippen molar-refractivity contribution in [2.24, 2.45) is 5.73 Å². The minimum atomic E-state index is -1.18. The minimum Gasteiger partial charge on any atom is -0.374 e. The molecule has 0 amide bonds. The van der Waals surface area contributed by atoms with Gasteiger partial charge in [0.1, 0.15) is 5.82 Å². The van der Waals surface area contributed by atoms with Gasteiger partial charge in [-0.3, -0.25) is 0 Å². The molecule has 2 aromatic rings. The number of hydrogen-bond acceptors (Lipinski definition) is 2. The summed E-state index contributed by atoms with van der Waals surface area (Å²) in [5, 5.41) is 0. The molecule has 5 heteroatoms. The Labute approximate surface area is 145 Å². The van der Waals surface area contributed by atoms with Crippen LogP contribution in [0.3, 0.4) is 0 Å². The summed E-state index contributed by atoms with van der Waals surface area (Å²) < 4.78 is 40.7. The van der Waals surface area contributed by atoms with Gasteiger partial charge >= 0.3 is 0 Å². The smallest absolute Gasteiger partial charge is 0.161 e. The number of rotatable bonds is 4. The zero-order valence-corrected chi connectivity index (χ0v) is 14.1. The fourth-order valence-corrected chi connectivity index (χ4v) is 3.36. The lowest BCUT2D eigenvalue weighted by Crippen LogP contribution is -2.35. The van der Waals surface area contributed by atoms with Crippen molar-refractivity contribution >= 4 is 0 Å². The normalized spacial score (nSPS) is 20.3. The molecule has 0 fully saturated rings. The molecule has 0 heterocycles. The maximum absolute atomic E-state index is 14.0. The molecule has 0 aromatic heterocycles. The first-order valence-corrected chi connectivity index (χ1v) is 8.30. The van der Waals surface area contributed by atoms with Crippen molar-refractivity contribution in [3.8, 4) is 0 Å². The van der Waals surface area contributed by atoms with Gasteiger partial charge < -0.3 is 10.6 Å². The molecule has 132 valence electrons. The third-order valence-electron chi connectivity index (χ3n) is 4.76. The second-order valence-corrected chi connectivity index (χ2v) is 6.54. The van der Waals surface area contributed by atoms with E-state index in [0.29, 0.717) is 18.9 Å². The molecule has 2 N–H and O–H groups in total. The number of allylic oxidation sites excluding steroid dienone is 1. The first-order chi connectivity index (χ1) is 12.0. The molecular formula is C20H21F3N2. The van der Waals surface area contributed by atoms with Gasteiger partial charge in [-0.25, -0.2) is 13.2 Å². The molecule has 0 radical (unpaired) electrons. The number of hydrogen-bond donors (Lipinski definition) is 1. The first kappa shape index (κ1) is 17.5. The molecule has 0 saturated carbocycles. The molecule has 2 nitrogen and oxygen atoms in total. The van der Waals surface area contributed by atoms with Crippen LogP contribution in [-0.4, -0.2) is 18.0 Å². The predicted octanol–water partition coefficient (Wildman–Crippen LogP) is 4.32. The van der Waals surface area contributed by atoms with Gasteiger partial charge in [-0.2, -0.15) is 0 Å². The molecule has 0 aliphatic heterocycles.